The van der Waals surface area contributed by atoms with Crippen LogP contribution in [0.2, 0.25) is 0 Å². The first kappa shape index (κ1) is 16.2. The standard InChI is InChI=1S/C14H18N4O3S2/c1-11-15-12(10-13(16-11)21-2)17-5-7-18(8-6-17)23(19,20)14-4-3-9-22-14/h3-4,9-10H,5-8H2,1-2H3. The predicted octanol–water partition coefficient (Wildman–Crippen LogP) is 1.37. The van der Waals surface area contributed by atoms with Crippen molar-refractivity contribution >= 4 is 27.2 Å². The van der Waals surface area contributed by atoms with Crippen LogP contribution in [0.5, 0.6) is 5.88 Å². The number of aryl methyl sites for hydroxylation is 1. The summed E-state index contributed by atoms with van der Waals surface area (Å²) in [5.41, 5.74) is 0. The molecule has 1 aliphatic heterocycles. The number of anilines is 1. The minimum absolute atomic E-state index is 0.394. The van der Waals surface area contributed by atoms with Gasteiger partial charge in [0, 0.05) is 32.2 Å². The molecule has 0 N–H and O–H groups in total. The molecule has 0 unspecified atom stereocenters. The van der Waals surface area contributed by atoms with E-state index >= 15 is 0 Å². The second-order valence-electron chi connectivity index (χ2n) is 5.14. The Kier molecular flexibility index (Phi) is 4.51. The molecule has 2 aromatic rings. The van der Waals surface area contributed by atoms with Crippen molar-refractivity contribution in [2.24, 2.45) is 0 Å². The lowest BCUT2D eigenvalue weighted by molar-refractivity contribution is 0.381. The van der Waals surface area contributed by atoms with E-state index in [1.165, 1.54) is 15.6 Å². The average Bonchev–Trinajstić information content (AvgIpc) is 3.09. The second kappa shape index (κ2) is 6.42. The van der Waals surface area contributed by atoms with Crippen molar-refractivity contribution in [3.63, 3.8) is 0 Å². The van der Waals surface area contributed by atoms with Crippen molar-refractivity contribution in [1.29, 1.82) is 0 Å². The smallest absolute Gasteiger partial charge is 0.252 e. The predicted molar refractivity (Wildman–Crippen MR) is 88.6 cm³/mol. The average molecular weight is 354 g/mol. The lowest BCUT2D eigenvalue weighted by Gasteiger charge is -2.34. The largest absolute Gasteiger partial charge is 0.481 e. The summed E-state index contributed by atoms with van der Waals surface area (Å²) >= 11 is 1.25. The topological polar surface area (TPSA) is 75.6 Å². The highest BCUT2D eigenvalue weighted by Crippen LogP contribution is 2.24. The van der Waals surface area contributed by atoms with Crippen molar-refractivity contribution in [2.75, 3.05) is 38.2 Å². The van der Waals surface area contributed by atoms with Gasteiger partial charge in [-0.05, 0) is 18.4 Å². The van der Waals surface area contributed by atoms with Crippen molar-refractivity contribution in [2.45, 2.75) is 11.1 Å². The Morgan fingerprint density at radius 3 is 2.57 bits per heavy atom. The minimum atomic E-state index is -3.38. The third-order valence-electron chi connectivity index (χ3n) is 3.66. The van der Waals surface area contributed by atoms with E-state index in [2.05, 4.69) is 14.9 Å². The van der Waals surface area contributed by atoms with Gasteiger partial charge in [-0.1, -0.05) is 6.07 Å². The van der Waals surface area contributed by atoms with Gasteiger partial charge in [0.05, 0.1) is 7.11 Å². The van der Waals surface area contributed by atoms with Crippen LogP contribution in [0, 0.1) is 6.92 Å². The number of aromatic nitrogens is 2. The summed E-state index contributed by atoms with van der Waals surface area (Å²) in [5.74, 6) is 1.91. The van der Waals surface area contributed by atoms with E-state index in [1.54, 1.807) is 30.7 Å². The Morgan fingerprint density at radius 2 is 1.96 bits per heavy atom. The molecule has 1 saturated heterocycles. The van der Waals surface area contributed by atoms with E-state index in [4.69, 9.17) is 4.74 Å². The van der Waals surface area contributed by atoms with Crippen LogP contribution in [-0.2, 0) is 10.0 Å². The van der Waals surface area contributed by atoms with Crippen LogP contribution in [0.15, 0.2) is 27.8 Å². The van der Waals surface area contributed by atoms with Crippen LogP contribution in [0.4, 0.5) is 5.82 Å². The van der Waals surface area contributed by atoms with E-state index in [9.17, 15) is 8.42 Å². The molecule has 0 bridgehead atoms. The van der Waals surface area contributed by atoms with Crippen LogP contribution in [0.25, 0.3) is 0 Å². The zero-order valence-corrected chi connectivity index (χ0v) is 14.6. The summed E-state index contributed by atoms with van der Waals surface area (Å²) in [7, 11) is -1.81. The molecule has 9 heteroatoms. The maximum atomic E-state index is 12.5. The van der Waals surface area contributed by atoms with E-state index < -0.39 is 10.0 Å². The fourth-order valence-corrected chi connectivity index (χ4v) is 5.05. The third kappa shape index (κ3) is 3.31. The van der Waals surface area contributed by atoms with Gasteiger partial charge in [0.25, 0.3) is 10.0 Å². The fourth-order valence-electron chi connectivity index (χ4n) is 2.49. The van der Waals surface area contributed by atoms with Gasteiger partial charge in [0.15, 0.2) is 0 Å². The molecule has 0 aromatic carbocycles. The van der Waals surface area contributed by atoms with E-state index in [0.717, 1.165) is 5.82 Å². The summed E-state index contributed by atoms with van der Waals surface area (Å²) in [5, 5.41) is 1.78. The molecule has 1 fully saturated rings. The quantitative estimate of drug-likeness (QED) is 0.825. The second-order valence-corrected chi connectivity index (χ2v) is 8.25. The monoisotopic (exact) mass is 354 g/mol. The van der Waals surface area contributed by atoms with Gasteiger partial charge in [0.1, 0.15) is 15.9 Å². The Morgan fingerprint density at radius 1 is 1.22 bits per heavy atom. The molecule has 0 spiro atoms. The van der Waals surface area contributed by atoms with Crippen LogP contribution >= 0.6 is 11.3 Å². The molecule has 3 heterocycles. The van der Waals surface area contributed by atoms with Gasteiger partial charge in [-0.15, -0.1) is 11.3 Å². The maximum Gasteiger partial charge on any atom is 0.252 e. The van der Waals surface area contributed by atoms with Crippen LogP contribution < -0.4 is 9.64 Å². The minimum Gasteiger partial charge on any atom is -0.481 e. The molecule has 2 aromatic heterocycles. The molecule has 0 atom stereocenters. The Hall–Kier alpha value is -1.71. The van der Waals surface area contributed by atoms with Crippen LogP contribution in [0.1, 0.15) is 5.82 Å². The third-order valence-corrected chi connectivity index (χ3v) is 6.93. The zero-order chi connectivity index (χ0) is 16.4. The number of hydrogen-bond donors (Lipinski definition) is 0. The highest BCUT2D eigenvalue weighted by molar-refractivity contribution is 7.91. The molecular weight excluding hydrogens is 336 g/mol. The van der Waals surface area contributed by atoms with Gasteiger partial charge < -0.3 is 9.64 Å². The first-order chi connectivity index (χ1) is 11.0. The number of sulfonamides is 1. The van der Waals surface area contributed by atoms with Gasteiger partial charge in [-0.2, -0.15) is 9.29 Å². The summed E-state index contributed by atoms with van der Waals surface area (Å²) < 4.78 is 32.1. The van der Waals surface area contributed by atoms with Gasteiger partial charge >= 0.3 is 0 Å². The molecule has 3 rings (SSSR count). The van der Waals surface area contributed by atoms with Crippen LogP contribution in [0.3, 0.4) is 0 Å². The number of piperazine rings is 1. The Balaban J connectivity index is 1.73. The number of nitrogens with zero attached hydrogens (tertiary/aromatic N) is 4. The molecule has 0 amide bonds. The molecule has 0 saturated carbocycles. The Labute approximate surface area is 139 Å². The molecule has 1 aliphatic rings. The molecule has 124 valence electrons. The summed E-state index contributed by atoms with van der Waals surface area (Å²) in [4.78, 5) is 10.6. The Bertz CT molecular complexity index is 769. The summed E-state index contributed by atoms with van der Waals surface area (Å²) in [6.45, 7) is 3.86. The first-order valence-corrected chi connectivity index (χ1v) is 9.51. The van der Waals surface area contributed by atoms with E-state index in [0.29, 0.717) is 42.1 Å². The van der Waals surface area contributed by atoms with E-state index in [-0.39, 0.29) is 0 Å². The number of methoxy groups -OCH3 is 1. The lowest BCUT2D eigenvalue weighted by Crippen LogP contribution is -2.48. The number of ether oxygens (including phenoxy) is 1. The highest BCUT2D eigenvalue weighted by Gasteiger charge is 2.29. The van der Waals surface area contributed by atoms with Crippen molar-refractivity contribution in [3.05, 3.63) is 29.4 Å². The maximum absolute atomic E-state index is 12.5. The highest BCUT2D eigenvalue weighted by atomic mass is 32.2. The molecule has 23 heavy (non-hydrogen) atoms. The molecular formula is C14H18N4O3S2. The molecule has 0 aliphatic carbocycles. The normalized spacial score (nSPS) is 16.5. The summed E-state index contributed by atoms with van der Waals surface area (Å²) in [6.07, 6.45) is 0. The SMILES string of the molecule is COc1cc(N2CCN(S(=O)(=O)c3cccs3)CC2)nc(C)n1. The zero-order valence-electron chi connectivity index (χ0n) is 13.0. The van der Waals surface area contributed by atoms with Gasteiger partial charge in [-0.3, -0.25) is 0 Å². The van der Waals surface area contributed by atoms with Crippen molar-refractivity contribution in [3.8, 4) is 5.88 Å². The van der Waals surface area contributed by atoms with Crippen molar-refractivity contribution in [1.82, 2.24) is 14.3 Å². The fraction of sp³-hybridized carbons (Fsp3) is 0.429. The number of rotatable bonds is 4. The first-order valence-electron chi connectivity index (χ1n) is 7.19. The molecule has 7 nitrogen and oxygen atoms in total. The molecule has 0 radical (unpaired) electrons. The lowest BCUT2D eigenvalue weighted by atomic mass is 10.3. The van der Waals surface area contributed by atoms with Gasteiger partial charge in [-0.25, -0.2) is 13.4 Å². The van der Waals surface area contributed by atoms with Gasteiger partial charge in [0.2, 0.25) is 5.88 Å². The van der Waals surface area contributed by atoms with E-state index in [1.807, 2.05) is 6.92 Å². The number of thiophene rings is 1. The van der Waals surface area contributed by atoms with Crippen molar-refractivity contribution < 1.29 is 13.2 Å². The summed E-state index contributed by atoms with van der Waals surface area (Å²) in [6, 6.07) is 5.17. The number of hydrogen-bond acceptors (Lipinski definition) is 7. The van der Waals surface area contributed by atoms with Crippen LogP contribution in [-0.4, -0.2) is 56.0 Å².